The van der Waals surface area contributed by atoms with Crippen molar-refractivity contribution in [1.82, 2.24) is 0 Å². The summed E-state index contributed by atoms with van der Waals surface area (Å²) in [5.41, 5.74) is 0.346. The van der Waals surface area contributed by atoms with Gasteiger partial charge in [0.05, 0.1) is 19.3 Å². The molecule has 0 bridgehead atoms. The number of para-hydroxylation sites is 1. The van der Waals surface area contributed by atoms with Gasteiger partial charge in [-0.05, 0) is 40.2 Å². The summed E-state index contributed by atoms with van der Waals surface area (Å²) in [5.74, 6) is -0.283. The van der Waals surface area contributed by atoms with E-state index >= 15 is 0 Å². The fourth-order valence-electron chi connectivity index (χ4n) is 1.53. The number of anilines is 1. The minimum absolute atomic E-state index is 0.117. The summed E-state index contributed by atoms with van der Waals surface area (Å²) in [5, 5.41) is 2.90. The van der Waals surface area contributed by atoms with E-state index in [2.05, 4.69) is 26.0 Å². The number of benzene rings is 1. The Morgan fingerprint density at radius 1 is 1.42 bits per heavy atom. The van der Waals surface area contributed by atoms with Crippen molar-refractivity contribution in [3.05, 3.63) is 52.1 Å². The SMILES string of the molecule is COC(=O)c1ccc(CNc2c(F)cccc2Br)o1. The molecular formula is C13H11BrFNO3. The van der Waals surface area contributed by atoms with Gasteiger partial charge in [-0.1, -0.05) is 6.07 Å². The molecule has 1 heterocycles. The highest BCUT2D eigenvalue weighted by molar-refractivity contribution is 9.10. The zero-order valence-electron chi connectivity index (χ0n) is 10.1. The Bertz CT molecular complexity index is 577. The van der Waals surface area contributed by atoms with Crippen LogP contribution in [-0.2, 0) is 11.3 Å². The van der Waals surface area contributed by atoms with Crippen molar-refractivity contribution in [2.24, 2.45) is 0 Å². The number of ether oxygens (including phenoxy) is 1. The average Bonchev–Trinajstić information content (AvgIpc) is 2.86. The molecule has 1 N–H and O–H groups in total. The number of rotatable bonds is 4. The lowest BCUT2D eigenvalue weighted by atomic mass is 10.3. The lowest BCUT2D eigenvalue weighted by Crippen LogP contribution is -2.02. The van der Waals surface area contributed by atoms with Crippen molar-refractivity contribution in [2.45, 2.75) is 6.54 Å². The normalized spacial score (nSPS) is 10.3. The molecule has 0 amide bonds. The van der Waals surface area contributed by atoms with Gasteiger partial charge in [-0.15, -0.1) is 0 Å². The van der Waals surface area contributed by atoms with Crippen molar-refractivity contribution in [3.8, 4) is 0 Å². The number of carbonyl (C=O) groups excluding carboxylic acids is 1. The Balaban J connectivity index is 2.07. The van der Waals surface area contributed by atoms with E-state index in [-0.39, 0.29) is 18.1 Å². The standard InChI is InChI=1S/C13H11BrFNO3/c1-18-13(17)11-6-5-8(19-11)7-16-12-9(14)3-2-4-10(12)15/h2-6,16H,7H2,1H3. The van der Waals surface area contributed by atoms with Crippen LogP contribution in [0.1, 0.15) is 16.3 Å². The molecule has 0 aliphatic heterocycles. The number of nitrogens with one attached hydrogen (secondary N) is 1. The summed E-state index contributed by atoms with van der Waals surface area (Å²) >= 11 is 3.25. The zero-order chi connectivity index (χ0) is 13.8. The summed E-state index contributed by atoms with van der Waals surface area (Å²) in [4.78, 5) is 11.2. The molecule has 0 aliphatic rings. The number of halogens is 2. The van der Waals surface area contributed by atoms with E-state index in [9.17, 15) is 9.18 Å². The predicted octanol–water partition coefficient (Wildman–Crippen LogP) is 3.58. The van der Waals surface area contributed by atoms with E-state index in [0.717, 1.165) is 0 Å². The van der Waals surface area contributed by atoms with Crippen LogP contribution in [0.5, 0.6) is 0 Å². The molecule has 0 aliphatic carbocycles. The Kier molecular flexibility index (Phi) is 4.21. The maximum absolute atomic E-state index is 13.5. The number of carbonyl (C=O) groups is 1. The van der Waals surface area contributed by atoms with Gasteiger partial charge in [0, 0.05) is 4.47 Å². The molecule has 0 atom stereocenters. The molecule has 6 heteroatoms. The lowest BCUT2D eigenvalue weighted by molar-refractivity contribution is 0.0563. The fraction of sp³-hybridized carbons (Fsp3) is 0.154. The first-order valence-electron chi connectivity index (χ1n) is 5.46. The second kappa shape index (κ2) is 5.88. The lowest BCUT2D eigenvalue weighted by Gasteiger charge is -2.07. The molecule has 1 aromatic heterocycles. The average molecular weight is 328 g/mol. The topological polar surface area (TPSA) is 51.5 Å². The maximum Gasteiger partial charge on any atom is 0.373 e. The molecule has 0 radical (unpaired) electrons. The summed E-state index contributed by atoms with van der Waals surface area (Å²) < 4.78 is 24.0. The molecule has 0 fully saturated rings. The van der Waals surface area contributed by atoms with Crippen LogP contribution in [-0.4, -0.2) is 13.1 Å². The van der Waals surface area contributed by atoms with E-state index in [4.69, 9.17) is 4.42 Å². The minimum atomic E-state index is -0.543. The van der Waals surface area contributed by atoms with Gasteiger partial charge in [-0.2, -0.15) is 0 Å². The van der Waals surface area contributed by atoms with Crippen LogP contribution in [0.4, 0.5) is 10.1 Å². The summed E-state index contributed by atoms with van der Waals surface area (Å²) in [6.07, 6.45) is 0. The Morgan fingerprint density at radius 2 is 2.21 bits per heavy atom. The predicted molar refractivity (Wildman–Crippen MR) is 71.5 cm³/mol. The molecule has 0 saturated carbocycles. The van der Waals surface area contributed by atoms with Crippen LogP contribution in [0.2, 0.25) is 0 Å². The van der Waals surface area contributed by atoms with Crippen LogP contribution in [0.15, 0.2) is 39.2 Å². The molecule has 0 unspecified atom stereocenters. The maximum atomic E-state index is 13.5. The second-order valence-electron chi connectivity index (χ2n) is 3.71. The Morgan fingerprint density at radius 3 is 2.89 bits per heavy atom. The molecule has 2 rings (SSSR count). The monoisotopic (exact) mass is 327 g/mol. The van der Waals surface area contributed by atoms with Crippen LogP contribution in [0, 0.1) is 5.82 Å². The third kappa shape index (κ3) is 3.14. The van der Waals surface area contributed by atoms with E-state index in [1.807, 2.05) is 0 Å². The highest BCUT2D eigenvalue weighted by atomic mass is 79.9. The zero-order valence-corrected chi connectivity index (χ0v) is 11.7. The number of methoxy groups -OCH3 is 1. The van der Waals surface area contributed by atoms with Gasteiger partial charge in [0.25, 0.3) is 0 Å². The molecule has 4 nitrogen and oxygen atoms in total. The number of esters is 1. The van der Waals surface area contributed by atoms with Crippen LogP contribution >= 0.6 is 15.9 Å². The van der Waals surface area contributed by atoms with Gasteiger partial charge >= 0.3 is 5.97 Å². The van der Waals surface area contributed by atoms with Crippen molar-refractivity contribution in [2.75, 3.05) is 12.4 Å². The molecular weight excluding hydrogens is 317 g/mol. The third-order valence-electron chi connectivity index (χ3n) is 2.45. The van der Waals surface area contributed by atoms with E-state index in [0.29, 0.717) is 15.9 Å². The fourth-order valence-corrected chi connectivity index (χ4v) is 2.01. The largest absolute Gasteiger partial charge is 0.463 e. The number of hydrogen-bond donors (Lipinski definition) is 1. The van der Waals surface area contributed by atoms with Crippen LogP contribution in [0.3, 0.4) is 0 Å². The van der Waals surface area contributed by atoms with E-state index in [1.165, 1.54) is 19.2 Å². The number of hydrogen-bond acceptors (Lipinski definition) is 4. The number of furan rings is 1. The van der Waals surface area contributed by atoms with Crippen molar-refractivity contribution < 1.29 is 18.3 Å². The minimum Gasteiger partial charge on any atom is -0.463 e. The van der Waals surface area contributed by atoms with Crippen LogP contribution < -0.4 is 5.32 Å². The second-order valence-corrected chi connectivity index (χ2v) is 4.56. The van der Waals surface area contributed by atoms with E-state index in [1.54, 1.807) is 18.2 Å². The third-order valence-corrected chi connectivity index (χ3v) is 3.11. The first-order chi connectivity index (χ1) is 9.11. The highest BCUT2D eigenvalue weighted by Gasteiger charge is 2.12. The van der Waals surface area contributed by atoms with Crippen molar-refractivity contribution in [1.29, 1.82) is 0 Å². The van der Waals surface area contributed by atoms with Crippen LogP contribution in [0.25, 0.3) is 0 Å². The quantitative estimate of drug-likeness (QED) is 0.872. The summed E-state index contributed by atoms with van der Waals surface area (Å²) in [6.45, 7) is 0.260. The molecule has 0 spiro atoms. The van der Waals surface area contributed by atoms with Gasteiger partial charge < -0.3 is 14.5 Å². The molecule has 19 heavy (non-hydrogen) atoms. The van der Waals surface area contributed by atoms with Crippen molar-refractivity contribution in [3.63, 3.8) is 0 Å². The van der Waals surface area contributed by atoms with Crippen molar-refractivity contribution >= 4 is 27.6 Å². The first kappa shape index (κ1) is 13.6. The first-order valence-corrected chi connectivity index (χ1v) is 6.26. The summed E-state index contributed by atoms with van der Waals surface area (Å²) in [7, 11) is 1.28. The van der Waals surface area contributed by atoms with Gasteiger partial charge in [0.15, 0.2) is 0 Å². The molecule has 0 saturated heterocycles. The van der Waals surface area contributed by atoms with E-state index < -0.39 is 5.97 Å². The Labute approximate surface area is 117 Å². The molecule has 2 aromatic rings. The Hall–Kier alpha value is -1.82. The molecule has 100 valence electrons. The van der Waals surface area contributed by atoms with Gasteiger partial charge in [-0.3, -0.25) is 0 Å². The highest BCUT2D eigenvalue weighted by Crippen LogP contribution is 2.25. The molecule has 1 aromatic carbocycles. The van der Waals surface area contributed by atoms with Gasteiger partial charge in [0.1, 0.15) is 11.6 Å². The smallest absolute Gasteiger partial charge is 0.373 e. The van der Waals surface area contributed by atoms with Gasteiger partial charge in [0.2, 0.25) is 5.76 Å². The summed E-state index contributed by atoms with van der Waals surface area (Å²) in [6, 6.07) is 7.84. The van der Waals surface area contributed by atoms with Gasteiger partial charge in [-0.25, -0.2) is 9.18 Å².